The maximum absolute atomic E-state index is 12.3. The third-order valence-corrected chi connectivity index (χ3v) is 5.37. The van der Waals surface area contributed by atoms with Crippen LogP contribution >= 0.6 is 11.3 Å². The predicted octanol–water partition coefficient (Wildman–Crippen LogP) is 2.79. The van der Waals surface area contributed by atoms with Gasteiger partial charge in [-0.05, 0) is 12.8 Å². The van der Waals surface area contributed by atoms with Crippen molar-refractivity contribution in [2.45, 2.75) is 45.1 Å². The number of fused-ring (bicyclic) bond motifs is 1. The predicted molar refractivity (Wildman–Crippen MR) is 83.8 cm³/mol. The van der Waals surface area contributed by atoms with Crippen LogP contribution in [0.15, 0.2) is 0 Å². The van der Waals surface area contributed by atoms with Crippen LogP contribution < -0.4 is 5.32 Å². The van der Waals surface area contributed by atoms with E-state index in [9.17, 15) is 9.59 Å². The van der Waals surface area contributed by atoms with Gasteiger partial charge in [-0.3, -0.25) is 4.79 Å². The Balaban J connectivity index is 1.63. The number of anilines is 1. The first-order valence-electron chi connectivity index (χ1n) is 7.79. The Morgan fingerprint density at radius 3 is 2.82 bits per heavy atom. The number of hydrogen-bond acceptors (Lipinski definition) is 5. The van der Waals surface area contributed by atoms with Gasteiger partial charge in [0.15, 0.2) is 5.13 Å². The van der Waals surface area contributed by atoms with Crippen LogP contribution in [0.4, 0.5) is 9.93 Å². The molecule has 1 aliphatic carbocycles. The third kappa shape index (κ3) is 3.24. The number of nitrogens with one attached hydrogen (secondary N) is 1. The second-order valence-corrected chi connectivity index (χ2v) is 6.94. The standard InChI is InChI=1S/C15H21N3O3S/c1-21-15(20)18-8-7-11-12(9-18)22-14(16-11)17-13(19)10-5-3-2-4-6-10/h10H,2-9H2,1H3,(H,16,17,19). The fraction of sp³-hybridized carbons (Fsp3) is 0.667. The quantitative estimate of drug-likeness (QED) is 0.908. The number of carbonyl (C=O) groups excluding carboxylic acids is 2. The largest absolute Gasteiger partial charge is 0.453 e. The van der Waals surface area contributed by atoms with Crippen LogP contribution in [-0.4, -0.2) is 35.5 Å². The Morgan fingerprint density at radius 1 is 1.32 bits per heavy atom. The van der Waals surface area contributed by atoms with Gasteiger partial charge < -0.3 is 15.0 Å². The molecule has 0 atom stereocenters. The molecule has 0 unspecified atom stereocenters. The number of hydrogen-bond donors (Lipinski definition) is 1. The molecule has 1 saturated carbocycles. The second kappa shape index (κ2) is 6.64. The zero-order valence-corrected chi connectivity index (χ0v) is 13.6. The average molecular weight is 323 g/mol. The minimum Gasteiger partial charge on any atom is -0.453 e. The highest BCUT2D eigenvalue weighted by molar-refractivity contribution is 7.15. The molecule has 6 nitrogen and oxygen atoms in total. The van der Waals surface area contributed by atoms with Crippen LogP contribution in [0.25, 0.3) is 0 Å². The van der Waals surface area contributed by atoms with E-state index in [1.807, 2.05) is 0 Å². The molecule has 0 bridgehead atoms. The van der Waals surface area contributed by atoms with Crippen molar-refractivity contribution in [3.05, 3.63) is 10.6 Å². The first-order chi connectivity index (χ1) is 10.7. The summed E-state index contributed by atoms with van der Waals surface area (Å²) in [6.45, 7) is 1.12. The lowest BCUT2D eigenvalue weighted by Gasteiger charge is -2.24. The van der Waals surface area contributed by atoms with Gasteiger partial charge in [-0.1, -0.05) is 30.6 Å². The van der Waals surface area contributed by atoms with Gasteiger partial charge in [0.2, 0.25) is 5.91 Å². The third-order valence-electron chi connectivity index (χ3n) is 4.37. The van der Waals surface area contributed by atoms with E-state index in [0.29, 0.717) is 24.6 Å². The Kier molecular flexibility index (Phi) is 4.61. The highest BCUT2D eigenvalue weighted by Gasteiger charge is 2.26. The van der Waals surface area contributed by atoms with Gasteiger partial charge in [0.25, 0.3) is 0 Å². The topological polar surface area (TPSA) is 71.5 Å². The van der Waals surface area contributed by atoms with E-state index in [4.69, 9.17) is 4.74 Å². The van der Waals surface area contributed by atoms with Crippen LogP contribution in [0.3, 0.4) is 0 Å². The van der Waals surface area contributed by atoms with Crippen molar-refractivity contribution in [3.63, 3.8) is 0 Å². The number of aromatic nitrogens is 1. The molecular weight excluding hydrogens is 302 g/mol. The maximum Gasteiger partial charge on any atom is 0.409 e. The van der Waals surface area contributed by atoms with Gasteiger partial charge in [-0.2, -0.15) is 0 Å². The summed E-state index contributed by atoms with van der Waals surface area (Å²) >= 11 is 1.47. The Hall–Kier alpha value is -1.63. The Labute approximate surface area is 133 Å². The lowest BCUT2D eigenvalue weighted by molar-refractivity contribution is -0.120. The molecule has 0 saturated heterocycles. The molecule has 1 N–H and O–H groups in total. The highest BCUT2D eigenvalue weighted by atomic mass is 32.1. The van der Waals surface area contributed by atoms with Crippen molar-refractivity contribution in [3.8, 4) is 0 Å². The number of rotatable bonds is 2. The second-order valence-electron chi connectivity index (χ2n) is 5.85. The molecular formula is C15H21N3O3S. The van der Waals surface area contributed by atoms with Crippen LogP contribution in [0.2, 0.25) is 0 Å². The van der Waals surface area contributed by atoms with Crippen LogP contribution in [0.5, 0.6) is 0 Å². The number of methoxy groups -OCH3 is 1. The molecule has 120 valence electrons. The SMILES string of the molecule is COC(=O)N1CCc2nc(NC(=O)C3CCCCC3)sc2C1. The number of thiazole rings is 1. The molecule has 1 aromatic heterocycles. The number of amides is 2. The average Bonchev–Trinajstić information content (AvgIpc) is 2.96. The first-order valence-corrected chi connectivity index (χ1v) is 8.61. The van der Waals surface area contributed by atoms with Crippen LogP contribution in [-0.2, 0) is 22.5 Å². The molecule has 1 aliphatic heterocycles. The van der Waals surface area contributed by atoms with E-state index in [1.54, 1.807) is 4.90 Å². The smallest absolute Gasteiger partial charge is 0.409 e. The van der Waals surface area contributed by atoms with Crippen molar-refractivity contribution >= 4 is 28.5 Å². The molecule has 2 aliphatic rings. The normalized spacial score (nSPS) is 18.7. The van der Waals surface area contributed by atoms with Crippen LogP contribution in [0, 0.1) is 5.92 Å². The molecule has 1 aromatic rings. The lowest BCUT2D eigenvalue weighted by Crippen LogP contribution is -2.35. The van der Waals surface area contributed by atoms with E-state index >= 15 is 0 Å². The number of carbonyl (C=O) groups is 2. The van der Waals surface area contributed by atoms with Crippen molar-refractivity contribution in [1.29, 1.82) is 0 Å². The number of ether oxygens (including phenoxy) is 1. The molecule has 3 rings (SSSR count). The Morgan fingerprint density at radius 2 is 2.09 bits per heavy atom. The van der Waals surface area contributed by atoms with Crippen molar-refractivity contribution in [1.82, 2.24) is 9.88 Å². The van der Waals surface area contributed by atoms with Gasteiger partial charge in [0.1, 0.15) is 0 Å². The van der Waals surface area contributed by atoms with Crippen molar-refractivity contribution < 1.29 is 14.3 Å². The van der Waals surface area contributed by atoms with E-state index in [1.165, 1.54) is 24.9 Å². The minimum atomic E-state index is -0.313. The van der Waals surface area contributed by atoms with Gasteiger partial charge in [-0.25, -0.2) is 9.78 Å². The summed E-state index contributed by atoms with van der Waals surface area (Å²) in [7, 11) is 1.39. The molecule has 7 heteroatoms. The molecule has 2 heterocycles. The fourth-order valence-corrected chi connectivity index (χ4v) is 4.13. The van der Waals surface area contributed by atoms with Gasteiger partial charge >= 0.3 is 6.09 Å². The monoisotopic (exact) mass is 323 g/mol. The van der Waals surface area contributed by atoms with Crippen LogP contribution in [0.1, 0.15) is 42.7 Å². The summed E-state index contributed by atoms with van der Waals surface area (Å²) in [5, 5.41) is 3.62. The van der Waals surface area contributed by atoms with Crippen molar-refractivity contribution in [2.75, 3.05) is 19.0 Å². The molecule has 0 aromatic carbocycles. The van der Waals surface area contributed by atoms with Gasteiger partial charge in [-0.15, -0.1) is 0 Å². The molecule has 0 spiro atoms. The highest BCUT2D eigenvalue weighted by Crippen LogP contribution is 2.30. The minimum absolute atomic E-state index is 0.0932. The van der Waals surface area contributed by atoms with E-state index < -0.39 is 0 Å². The zero-order valence-electron chi connectivity index (χ0n) is 12.8. The van der Waals surface area contributed by atoms with E-state index in [2.05, 4.69) is 10.3 Å². The molecule has 1 fully saturated rings. The molecule has 2 amide bonds. The summed E-state index contributed by atoms with van der Waals surface area (Å²) in [6.07, 6.45) is 5.87. The maximum atomic E-state index is 12.3. The fourth-order valence-electron chi connectivity index (χ4n) is 3.11. The Bertz CT molecular complexity index is 566. The molecule has 22 heavy (non-hydrogen) atoms. The van der Waals surface area contributed by atoms with Crippen molar-refractivity contribution in [2.24, 2.45) is 5.92 Å². The summed E-state index contributed by atoms with van der Waals surface area (Å²) < 4.78 is 4.76. The zero-order chi connectivity index (χ0) is 15.5. The summed E-state index contributed by atoms with van der Waals surface area (Å²) in [5.41, 5.74) is 0.990. The summed E-state index contributed by atoms with van der Waals surface area (Å²) in [4.78, 5) is 31.1. The molecule has 0 radical (unpaired) electrons. The summed E-state index contributed by atoms with van der Waals surface area (Å²) in [6, 6.07) is 0. The van der Waals surface area contributed by atoms with E-state index in [0.717, 1.165) is 36.3 Å². The van der Waals surface area contributed by atoms with Gasteiger partial charge in [0.05, 0.1) is 19.3 Å². The van der Waals surface area contributed by atoms with E-state index in [-0.39, 0.29) is 17.9 Å². The summed E-state index contributed by atoms with van der Waals surface area (Å²) in [5.74, 6) is 0.219. The van der Waals surface area contributed by atoms with Gasteiger partial charge in [0, 0.05) is 23.8 Å². The lowest BCUT2D eigenvalue weighted by atomic mass is 9.89. The first kappa shape index (κ1) is 15.3. The number of nitrogens with zero attached hydrogens (tertiary/aromatic N) is 2.